The number of pyridine rings is 1. The normalized spacial score (nSPS) is 14.5. The van der Waals surface area contributed by atoms with Gasteiger partial charge in [0.2, 0.25) is 5.91 Å². The molecule has 4 heteroatoms. The number of nitrogens with one attached hydrogen (secondary N) is 1. The summed E-state index contributed by atoms with van der Waals surface area (Å²) in [4.78, 5) is 16.2. The highest BCUT2D eigenvalue weighted by molar-refractivity contribution is 5.76. The van der Waals surface area contributed by atoms with Crippen LogP contribution in [0.3, 0.4) is 0 Å². The van der Waals surface area contributed by atoms with Crippen LogP contribution < -0.4 is 10.1 Å². The molecule has 24 heavy (non-hydrogen) atoms. The van der Waals surface area contributed by atoms with E-state index in [0.29, 0.717) is 19.1 Å². The molecule has 0 saturated heterocycles. The van der Waals surface area contributed by atoms with Crippen LogP contribution in [0.5, 0.6) is 5.75 Å². The first kappa shape index (κ1) is 16.5. The Morgan fingerprint density at radius 1 is 1.17 bits per heavy atom. The van der Waals surface area contributed by atoms with Gasteiger partial charge >= 0.3 is 0 Å². The van der Waals surface area contributed by atoms with Crippen LogP contribution in [0, 0.1) is 0 Å². The van der Waals surface area contributed by atoms with Gasteiger partial charge in [-0.2, -0.15) is 0 Å². The van der Waals surface area contributed by atoms with Crippen molar-refractivity contribution in [3.63, 3.8) is 0 Å². The third kappa shape index (κ3) is 5.08. The van der Waals surface area contributed by atoms with Crippen molar-refractivity contribution < 1.29 is 9.53 Å². The monoisotopic (exact) mass is 324 g/mol. The van der Waals surface area contributed by atoms with Gasteiger partial charge in [-0.3, -0.25) is 9.78 Å². The third-order valence-electron chi connectivity index (χ3n) is 4.34. The predicted molar refractivity (Wildman–Crippen MR) is 93.7 cm³/mol. The van der Waals surface area contributed by atoms with E-state index in [1.807, 2.05) is 36.4 Å². The Hall–Kier alpha value is -2.36. The molecular weight excluding hydrogens is 300 g/mol. The van der Waals surface area contributed by atoms with Crippen molar-refractivity contribution in [2.45, 2.75) is 51.2 Å². The first-order valence-electron chi connectivity index (χ1n) is 8.72. The summed E-state index contributed by atoms with van der Waals surface area (Å²) in [7, 11) is 0. The predicted octanol–water partition coefficient (Wildman–Crippen LogP) is 3.65. The zero-order chi connectivity index (χ0) is 16.6. The molecule has 1 saturated carbocycles. The summed E-state index contributed by atoms with van der Waals surface area (Å²) < 4.78 is 6.02. The summed E-state index contributed by atoms with van der Waals surface area (Å²) in [6, 6.07) is 13.8. The van der Waals surface area contributed by atoms with Gasteiger partial charge in [0, 0.05) is 12.6 Å². The summed E-state index contributed by atoms with van der Waals surface area (Å²) in [5, 5.41) is 2.91. The Morgan fingerprint density at radius 2 is 2.04 bits per heavy atom. The molecule has 1 heterocycles. The Kier molecular flexibility index (Phi) is 5.83. The molecule has 1 aliphatic carbocycles. The maximum Gasteiger partial charge on any atom is 0.220 e. The smallest absolute Gasteiger partial charge is 0.220 e. The molecule has 0 unspecified atom stereocenters. The second kappa shape index (κ2) is 8.48. The van der Waals surface area contributed by atoms with Crippen molar-refractivity contribution in [3.05, 3.63) is 59.9 Å². The lowest BCUT2D eigenvalue weighted by molar-refractivity contribution is -0.121. The number of benzene rings is 1. The largest absolute Gasteiger partial charge is 0.490 e. The van der Waals surface area contributed by atoms with E-state index in [0.717, 1.165) is 36.3 Å². The molecule has 1 aromatic heterocycles. The highest BCUT2D eigenvalue weighted by atomic mass is 16.5. The molecule has 2 aromatic rings. The maximum absolute atomic E-state index is 12.0. The fourth-order valence-corrected chi connectivity index (χ4v) is 3.01. The zero-order valence-corrected chi connectivity index (χ0v) is 13.9. The van der Waals surface area contributed by atoms with Crippen molar-refractivity contribution >= 4 is 5.91 Å². The third-order valence-corrected chi connectivity index (χ3v) is 4.34. The zero-order valence-electron chi connectivity index (χ0n) is 13.9. The molecular formula is C20H24N2O2. The molecule has 1 amide bonds. The van der Waals surface area contributed by atoms with Crippen LogP contribution in [-0.4, -0.2) is 17.0 Å². The van der Waals surface area contributed by atoms with Crippen LogP contribution in [0.25, 0.3) is 0 Å². The van der Waals surface area contributed by atoms with Gasteiger partial charge in [0.05, 0.1) is 18.3 Å². The van der Waals surface area contributed by atoms with Crippen molar-refractivity contribution in [2.75, 3.05) is 0 Å². The summed E-state index contributed by atoms with van der Waals surface area (Å²) >= 11 is 0. The molecule has 0 aliphatic heterocycles. The maximum atomic E-state index is 12.0. The molecule has 3 rings (SSSR count). The van der Waals surface area contributed by atoms with Crippen LogP contribution in [-0.2, 0) is 17.8 Å². The molecule has 0 radical (unpaired) electrons. The molecule has 1 N–H and O–H groups in total. The topological polar surface area (TPSA) is 51.2 Å². The van der Waals surface area contributed by atoms with E-state index in [1.54, 1.807) is 6.20 Å². The van der Waals surface area contributed by atoms with E-state index in [2.05, 4.69) is 16.4 Å². The summed E-state index contributed by atoms with van der Waals surface area (Å²) in [5.74, 6) is 0.969. The number of ether oxygens (including phenoxy) is 1. The fraction of sp³-hybridized carbons (Fsp3) is 0.400. The Balaban J connectivity index is 1.44. The minimum Gasteiger partial charge on any atom is -0.490 e. The van der Waals surface area contributed by atoms with Gasteiger partial charge in [-0.1, -0.05) is 18.2 Å². The number of hydrogen-bond donors (Lipinski definition) is 1. The molecule has 1 aromatic carbocycles. The van der Waals surface area contributed by atoms with Gasteiger partial charge in [0.25, 0.3) is 0 Å². The minimum absolute atomic E-state index is 0.0442. The summed E-state index contributed by atoms with van der Waals surface area (Å²) in [6.45, 7) is 0.477. The van der Waals surface area contributed by atoms with Crippen LogP contribution in [0.1, 0.15) is 43.4 Å². The highest BCUT2D eigenvalue weighted by Crippen LogP contribution is 2.24. The number of carbonyl (C=O) groups excluding carboxylic acids is 1. The fourth-order valence-electron chi connectivity index (χ4n) is 3.01. The summed E-state index contributed by atoms with van der Waals surface area (Å²) in [6.07, 6.45) is 8.12. The van der Waals surface area contributed by atoms with Crippen LogP contribution in [0.2, 0.25) is 0 Å². The van der Waals surface area contributed by atoms with Gasteiger partial charge in [-0.05, 0) is 61.9 Å². The van der Waals surface area contributed by atoms with Crippen molar-refractivity contribution in [2.24, 2.45) is 0 Å². The average molecular weight is 324 g/mol. The minimum atomic E-state index is 0.0442. The Bertz CT molecular complexity index is 652. The molecule has 1 fully saturated rings. The van der Waals surface area contributed by atoms with E-state index in [4.69, 9.17) is 4.74 Å². The number of carbonyl (C=O) groups is 1. The van der Waals surface area contributed by atoms with E-state index in [-0.39, 0.29) is 5.91 Å². The lowest BCUT2D eigenvalue weighted by Crippen LogP contribution is -2.23. The number of aryl methyl sites for hydroxylation is 1. The first-order chi connectivity index (χ1) is 11.8. The molecule has 4 nitrogen and oxygen atoms in total. The van der Waals surface area contributed by atoms with Gasteiger partial charge < -0.3 is 10.1 Å². The number of hydrogen-bond acceptors (Lipinski definition) is 3. The van der Waals surface area contributed by atoms with Gasteiger partial charge in [-0.25, -0.2) is 0 Å². The van der Waals surface area contributed by atoms with Crippen LogP contribution >= 0.6 is 0 Å². The van der Waals surface area contributed by atoms with Crippen LogP contribution in [0.4, 0.5) is 0 Å². The van der Waals surface area contributed by atoms with E-state index in [1.165, 1.54) is 12.8 Å². The van der Waals surface area contributed by atoms with E-state index in [9.17, 15) is 4.79 Å². The number of aromatic nitrogens is 1. The quantitative estimate of drug-likeness (QED) is 0.846. The van der Waals surface area contributed by atoms with E-state index >= 15 is 0 Å². The van der Waals surface area contributed by atoms with Crippen molar-refractivity contribution in [3.8, 4) is 5.75 Å². The number of amides is 1. The Labute approximate surface area is 143 Å². The van der Waals surface area contributed by atoms with Gasteiger partial charge in [-0.15, -0.1) is 0 Å². The SMILES string of the molecule is O=C(CCc1cccc(OC2CCCC2)c1)NCc1ccccn1. The second-order valence-corrected chi connectivity index (χ2v) is 6.27. The first-order valence-corrected chi connectivity index (χ1v) is 8.72. The average Bonchev–Trinajstić information content (AvgIpc) is 3.12. The standard InChI is InChI=1S/C20H24N2O2/c23-20(22-15-17-7-3-4-13-21-17)12-11-16-6-5-10-19(14-16)24-18-8-1-2-9-18/h3-7,10,13-14,18H,1-2,8-9,11-12,15H2,(H,22,23). The molecule has 0 bridgehead atoms. The summed E-state index contributed by atoms with van der Waals surface area (Å²) in [5.41, 5.74) is 2.01. The molecule has 1 aliphatic rings. The highest BCUT2D eigenvalue weighted by Gasteiger charge is 2.16. The second-order valence-electron chi connectivity index (χ2n) is 6.27. The lowest BCUT2D eigenvalue weighted by Gasteiger charge is -2.13. The van der Waals surface area contributed by atoms with Crippen LogP contribution in [0.15, 0.2) is 48.7 Å². The van der Waals surface area contributed by atoms with Crippen molar-refractivity contribution in [1.82, 2.24) is 10.3 Å². The van der Waals surface area contributed by atoms with E-state index < -0.39 is 0 Å². The lowest BCUT2D eigenvalue weighted by atomic mass is 10.1. The molecule has 0 atom stereocenters. The number of rotatable bonds is 7. The molecule has 0 spiro atoms. The number of nitrogens with zero attached hydrogens (tertiary/aromatic N) is 1. The van der Waals surface area contributed by atoms with Gasteiger partial charge in [0.1, 0.15) is 5.75 Å². The molecule has 126 valence electrons. The van der Waals surface area contributed by atoms with Crippen molar-refractivity contribution in [1.29, 1.82) is 0 Å². The Morgan fingerprint density at radius 3 is 2.83 bits per heavy atom. The van der Waals surface area contributed by atoms with Gasteiger partial charge in [0.15, 0.2) is 0 Å².